The van der Waals surface area contributed by atoms with Crippen LogP contribution in [-0.2, 0) is 21.4 Å². The Kier molecular flexibility index (Phi) is 6.15. The smallest absolute Gasteiger partial charge is 0.338 e. The lowest BCUT2D eigenvalue weighted by Gasteiger charge is -2.26. The summed E-state index contributed by atoms with van der Waals surface area (Å²) in [5.41, 5.74) is 1.61. The fourth-order valence-corrected chi connectivity index (χ4v) is 5.08. The lowest BCUT2D eigenvalue weighted by Crippen LogP contribution is -2.36. The van der Waals surface area contributed by atoms with E-state index in [-0.39, 0.29) is 12.2 Å². The number of sulfonamides is 1. The third kappa shape index (κ3) is 4.67. The van der Waals surface area contributed by atoms with Crippen LogP contribution < -0.4 is 0 Å². The first-order valence-corrected chi connectivity index (χ1v) is 11.4. The fraction of sp³-hybridized carbons (Fsp3) is 0.273. The van der Waals surface area contributed by atoms with E-state index in [0.29, 0.717) is 13.1 Å². The molecule has 1 aromatic heterocycles. The molecule has 1 fully saturated rings. The first-order chi connectivity index (χ1) is 14.9. The number of nitrogens with zero attached hydrogens (tertiary/aromatic N) is 3. The Morgan fingerprint density at radius 2 is 1.81 bits per heavy atom. The molecule has 0 atom stereocenters. The van der Waals surface area contributed by atoms with Crippen molar-refractivity contribution in [3.8, 4) is 5.69 Å². The number of esters is 1. The molecule has 31 heavy (non-hydrogen) atoms. The predicted octanol–water partition coefficient (Wildman–Crippen LogP) is 3.54. The second-order valence-electron chi connectivity index (χ2n) is 7.30. The van der Waals surface area contributed by atoms with Crippen molar-refractivity contribution in [2.45, 2.75) is 30.8 Å². The zero-order valence-corrected chi connectivity index (χ0v) is 17.6. The van der Waals surface area contributed by atoms with Gasteiger partial charge in [-0.2, -0.15) is 9.40 Å². The summed E-state index contributed by atoms with van der Waals surface area (Å²) < 4.78 is 48.2. The number of aromatic nitrogens is 2. The topological polar surface area (TPSA) is 81.5 Å². The van der Waals surface area contributed by atoms with Crippen LogP contribution in [0, 0.1) is 5.82 Å². The average Bonchev–Trinajstić information content (AvgIpc) is 3.33. The minimum absolute atomic E-state index is 0.00378. The number of hydrogen-bond donors (Lipinski definition) is 0. The quantitative estimate of drug-likeness (QED) is 0.545. The molecule has 0 bridgehead atoms. The minimum Gasteiger partial charge on any atom is -0.457 e. The maximum atomic E-state index is 14.3. The number of ether oxygens (including phenoxy) is 1. The zero-order valence-electron chi connectivity index (χ0n) is 16.8. The van der Waals surface area contributed by atoms with E-state index in [1.165, 1.54) is 10.4 Å². The fourth-order valence-electron chi connectivity index (χ4n) is 3.47. The number of piperidine rings is 1. The molecule has 1 saturated heterocycles. The molecular formula is C22H22FN3O4S. The Hall–Kier alpha value is -3.04. The summed E-state index contributed by atoms with van der Waals surface area (Å²) in [6, 6.07) is 12.4. The lowest BCUT2D eigenvalue weighted by atomic mass is 10.2. The van der Waals surface area contributed by atoms with Gasteiger partial charge in [0.15, 0.2) is 0 Å². The number of hydrogen-bond acceptors (Lipinski definition) is 5. The summed E-state index contributed by atoms with van der Waals surface area (Å²) >= 11 is 0. The van der Waals surface area contributed by atoms with E-state index >= 15 is 0 Å². The second-order valence-corrected chi connectivity index (χ2v) is 9.21. The Morgan fingerprint density at radius 1 is 1.06 bits per heavy atom. The molecule has 2 aromatic carbocycles. The van der Waals surface area contributed by atoms with E-state index in [4.69, 9.17) is 4.74 Å². The highest BCUT2D eigenvalue weighted by atomic mass is 32.2. The molecule has 162 valence electrons. The molecule has 0 saturated carbocycles. The van der Waals surface area contributed by atoms with Crippen molar-refractivity contribution in [3.63, 3.8) is 0 Å². The number of rotatable bonds is 6. The summed E-state index contributed by atoms with van der Waals surface area (Å²) in [5.74, 6) is -1.59. The van der Waals surface area contributed by atoms with Gasteiger partial charge in [0.2, 0.25) is 10.0 Å². The van der Waals surface area contributed by atoms with Crippen molar-refractivity contribution in [3.05, 3.63) is 77.9 Å². The van der Waals surface area contributed by atoms with Gasteiger partial charge in [-0.25, -0.2) is 22.3 Å². The van der Waals surface area contributed by atoms with Gasteiger partial charge >= 0.3 is 5.97 Å². The lowest BCUT2D eigenvalue weighted by molar-refractivity contribution is 0.0472. The molecule has 0 radical (unpaired) electrons. The van der Waals surface area contributed by atoms with Crippen molar-refractivity contribution in [2.24, 2.45) is 0 Å². The second kappa shape index (κ2) is 8.99. The molecule has 0 aliphatic carbocycles. The molecule has 0 spiro atoms. The normalized spacial score (nSPS) is 15.0. The van der Waals surface area contributed by atoms with Gasteiger partial charge in [-0.05, 0) is 54.8 Å². The summed E-state index contributed by atoms with van der Waals surface area (Å²) in [6.45, 7) is 0.708. The minimum atomic E-state index is -4.00. The van der Waals surface area contributed by atoms with Crippen LogP contribution in [0.1, 0.15) is 35.2 Å². The van der Waals surface area contributed by atoms with Gasteiger partial charge in [0.05, 0.1) is 11.3 Å². The molecule has 3 aromatic rings. The van der Waals surface area contributed by atoms with Gasteiger partial charge < -0.3 is 4.74 Å². The van der Waals surface area contributed by atoms with Crippen molar-refractivity contribution >= 4 is 16.0 Å². The van der Waals surface area contributed by atoms with Crippen molar-refractivity contribution < 1.29 is 22.3 Å². The number of carbonyl (C=O) groups is 1. The zero-order chi connectivity index (χ0) is 21.8. The van der Waals surface area contributed by atoms with Crippen LogP contribution in [-0.4, -0.2) is 41.6 Å². The first-order valence-electron chi connectivity index (χ1n) is 10.0. The molecule has 0 unspecified atom stereocenters. The summed E-state index contributed by atoms with van der Waals surface area (Å²) in [7, 11) is -4.00. The van der Waals surface area contributed by atoms with Crippen molar-refractivity contribution in [1.29, 1.82) is 0 Å². The third-order valence-electron chi connectivity index (χ3n) is 5.17. The van der Waals surface area contributed by atoms with Gasteiger partial charge in [0.1, 0.15) is 17.3 Å². The van der Waals surface area contributed by atoms with Gasteiger partial charge in [-0.3, -0.25) is 0 Å². The SMILES string of the molecule is O=C(OCc1ccc(-n2cccn2)cc1)c1ccc(F)c(S(=O)(=O)N2CCCCC2)c1. The third-order valence-corrected chi connectivity index (χ3v) is 7.09. The summed E-state index contributed by atoms with van der Waals surface area (Å²) in [6.07, 6.45) is 5.92. The van der Waals surface area contributed by atoms with Crippen LogP contribution >= 0.6 is 0 Å². The number of benzene rings is 2. The molecule has 2 heterocycles. The standard InChI is InChI=1S/C22H22FN3O4S/c23-20-10-7-18(15-21(20)31(28,29)25-12-2-1-3-13-25)22(27)30-16-17-5-8-19(9-6-17)26-14-4-11-24-26/h4-11,14-15H,1-3,12-13,16H2. The van der Waals surface area contributed by atoms with E-state index in [0.717, 1.165) is 42.6 Å². The first kappa shape index (κ1) is 21.2. The Morgan fingerprint density at radius 3 is 2.48 bits per heavy atom. The molecule has 0 amide bonds. The molecule has 4 rings (SSSR count). The van der Waals surface area contributed by atoms with E-state index in [9.17, 15) is 17.6 Å². The molecule has 0 N–H and O–H groups in total. The van der Waals surface area contributed by atoms with Crippen LogP contribution in [0.2, 0.25) is 0 Å². The van der Waals surface area contributed by atoms with Gasteiger partial charge in [-0.1, -0.05) is 18.6 Å². The van der Waals surface area contributed by atoms with Crippen LogP contribution in [0.4, 0.5) is 4.39 Å². The van der Waals surface area contributed by atoms with Gasteiger partial charge in [0, 0.05) is 25.5 Å². The molecule has 1 aliphatic heterocycles. The highest BCUT2D eigenvalue weighted by Gasteiger charge is 2.29. The maximum absolute atomic E-state index is 14.3. The van der Waals surface area contributed by atoms with E-state index in [1.807, 2.05) is 24.4 Å². The predicted molar refractivity (Wildman–Crippen MR) is 112 cm³/mol. The van der Waals surface area contributed by atoms with E-state index in [1.54, 1.807) is 23.0 Å². The highest BCUT2D eigenvalue weighted by molar-refractivity contribution is 7.89. The van der Waals surface area contributed by atoms with Crippen LogP contribution in [0.5, 0.6) is 0 Å². The number of halogens is 1. The summed E-state index contributed by atoms with van der Waals surface area (Å²) in [4.78, 5) is 12.0. The van der Waals surface area contributed by atoms with Crippen LogP contribution in [0.3, 0.4) is 0 Å². The Labute approximate surface area is 180 Å². The summed E-state index contributed by atoms with van der Waals surface area (Å²) in [5, 5.41) is 4.15. The van der Waals surface area contributed by atoms with Gasteiger partial charge in [0.25, 0.3) is 0 Å². The number of carbonyl (C=O) groups excluding carboxylic acids is 1. The Balaban J connectivity index is 1.46. The van der Waals surface area contributed by atoms with E-state index in [2.05, 4.69) is 5.10 Å². The molecular weight excluding hydrogens is 421 g/mol. The van der Waals surface area contributed by atoms with Crippen molar-refractivity contribution in [2.75, 3.05) is 13.1 Å². The van der Waals surface area contributed by atoms with Crippen LogP contribution in [0.25, 0.3) is 5.69 Å². The molecule has 9 heteroatoms. The Bertz CT molecular complexity index is 1160. The molecule has 1 aliphatic rings. The average molecular weight is 444 g/mol. The highest BCUT2D eigenvalue weighted by Crippen LogP contribution is 2.24. The van der Waals surface area contributed by atoms with Crippen molar-refractivity contribution in [1.82, 2.24) is 14.1 Å². The van der Waals surface area contributed by atoms with E-state index < -0.39 is 26.7 Å². The van der Waals surface area contributed by atoms with Gasteiger partial charge in [-0.15, -0.1) is 0 Å². The largest absolute Gasteiger partial charge is 0.457 e. The molecule has 7 nitrogen and oxygen atoms in total. The monoisotopic (exact) mass is 443 g/mol. The van der Waals surface area contributed by atoms with Crippen LogP contribution in [0.15, 0.2) is 65.8 Å². The maximum Gasteiger partial charge on any atom is 0.338 e.